The Hall–Kier alpha value is -3.61. The fourth-order valence-corrected chi connectivity index (χ4v) is 4.75. The van der Waals surface area contributed by atoms with Crippen LogP contribution in [0.1, 0.15) is 37.4 Å². The minimum Gasteiger partial charge on any atom is -0.368 e. The van der Waals surface area contributed by atoms with E-state index in [-0.39, 0.29) is 12.1 Å². The Balaban J connectivity index is 1.18. The van der Waals surface area contributed by atoms with Gasteiger partial charge < -0.3 is 20.3 Å². The molecule has 196 valence electrons. The Bertz CT molecular complexity index is 1190. The van der Waals surface area contributed by atoms with E-state index < -0.39 is 5.60 Å². The minimum absolute atomic E-state index is 0.111. The van der Waals surface area contributed by atoms with Crippen LogP contribution in [0.5, 0.6) is 0 Å². The molecule has 5 rings (SSSR count). The van der Waals surface area contributed by atoms with Crippen molar-refractivity contribution in [3.8, 4) is 5.82 Å². The summed E-state index contributed by atoms with van der Waals surface area (Å²) in [6.45, 7) is 5.70. The van der Waals surface area contributed by atoms with Crippen molar-refractivity contribution in [1.82, 2.24) is 40.9 Å². The summed E-state index contributed by atoms with van der Waals surface area (Å²) in [5.41, 5.74) is 7.35. The Morgan fingerprint density at radius 3 is 2.73 bits per heavy atom. The van der Waals surface area contributed by atoms with E-state index in [1.165, 1.54) is 0 Å². The van der Waals surface area contributed by atoms with E-state index in [0.717, 1.165) is 29.3 Å². The van der Waals surface area contributed by atoms with E-state index in [9.17, 15) is 4.79 Å². The molecular weight excluding hydrogens is 472 g/mol. The molecule has 2 saturated heterocycles. The summed E-state index contributed by atoms with van der Waals surface area (Å²) in [6.07, 6.45) is 7.44. The molecule has 0 bridgehead atoms. The van der Waals surface area contributed by atoms with Crippen molar-refractivity contribution in [2.45, 2.75) is 57.5 Å². The molecule has 3 aromatic rings. The largest absolute Gasteiger partial charge is 0.368 e. The molecule has 3 aromatic heterocycles. The lowest BCUT2D eigenvalue weighted by Crippen LogP contribution is -2.55. The van der Waals surface area contributed by atoms with Crippen LogP contribution in [0.15, 0.2) is 42.9 Å². The molecule has 0 aromatic carbocycles. The highest BCUT2D eigenvalue weighted by Gasteiger charge is 2.42. The maximum absolute atomic E-state index is 13.2. The fourth-order valence-electron chi connectivity index (χ4n) is 4.75. The number of carbonyl (C=O) groups excluding carboxylic acids is 1. The molecule has 0 aliphatic carbocycles. The first kappa shape index (κ1) is 25.1. The van der Waals surface area contributed by atoms with Crippen molar-refractivity contribution < 1.29 is 9.53 Å². The molecule has 2 unspecified atom stereocenters. The summed E-state index contributed by atoms with van der Waals surface area (Å²) in [5, 5.41) is 10.6. The van der Waals surface area contributed by atoms with Gasteiger partial charge in [-0.15, -0.1) is 0 Å². The van der Waals surface area contributed by atoms with Gasteiger partial charge in [-0.1, -0.05) is 6.07 Å². The third-order valence-electron chi connectivity index (χ3n) is 6.92. The number of rotatable bonds is 8. The Morgan fingerprint density at radius 1 is 1.24 bits per heavy atom. The van der Waals surface area contributed by atoms with Crippen LogP contribution in [-0.4, -0.2) is 68.6 Å². The van der Waals surface area contributed by atoms with Gasteiger partial charge in [0.05, 0.1) is 6.17 Å². The topological polar surface area (TPSA) is 134 Å². The van der Waals surface area contributed by atoms with E-state index >= 15 is 0 Å². The lowest BCUT2D eigenvalue weighted by molar-refractivity contribution is -0.146. The van der Waals surface area contributed by atoms with E-state index in [4.69, 9.17) is 9.72 Å². The van der Waals surface area contributed by atoms with Gasteiger partial charge in [-0.25, -0.2) is 20.1 Å². The van der Waals surface area contributed by atoms with E-state index in [1.807, 2.05) is 37.4 Å². The monoisotopic (exact) mass is 506 g/mol. The van der Waals surface area contributed by atoms with E-state index in [2.05, 4.69) is 48.4 Å². The molecule has 2 aliphatic rings. The molecule has 4 N–H and O–H groups in total. The van der Waals surface area contributed by atoms with Gasteiger partial charge in [0.2, 0.25) is 5.95 Å². The van der Waals surface area contributed by atoms with Crippen molar-refractivity contribution in [3.05, 3.63) is 54.1 Å². The van der Waals surface area contributed by atoms with Crippen LogP contribution < -0.4 is 26.4 Å². The second-order valence-corrected chi connectivity index (χ2v) is 9.66. The van der Waals surface area contributed by atoms with Crippen LogP contribution in [0.2, 0.25) is 0 Å². The summed E-state index contributed by atoms with van der Waals surface area (Å²) in [5.74, 6) is 2.05. The Labute approximate surface area is 216 Å². The van der Waals surface area contributed by atoms with E-state index in [1.54, 1.807) is 24.2 Å². The molecule has 2 aliphatic heterocycles. The average molecular weight is 507 g/mol. The quantitative estimate of drug-likeness (QED) is 0.354. The summed E-state index contributed by atoms with van der Waals surface area (Å²) < 4.78 is 7.48. The number of hydrogen-bond donors (Lipinski definition) is 4. The number of nitrogens with zero attached hydrogens (tertiary/aromatic N) is 6. The van der Waals surface area contributed by atoms with Crippen molar-refractivity contribution in [2.24, 2.45) is 0 Å². The molecule has 1 amide bonds. The number of amides is 1. The van der Waals surface area contributed by atoms with Gasteiger partial charge in [-0.3, -0.25) is 10.2 Å². The number of ether oxygens (including phenoxy) is 1. The molecule has 5 heterocycles. The van der Waals surface area contributed by atoms with Crippen molar-refractivity contribution >= 4 is 17.7 Å². The highest BCUT2D eigenvalue weighted by molar-refractivity contribution is 5.85. The summed E-state index contributed by atoms with van der Waals surface area (Å²) in [6, 6.07) is 8.00. The zero-order chi connectivity index (χ0) is 25.8. The Kier molecular flexibility index (Phi) is 7.31. The predicted molar refractivity (Wildman–Crippen MR) is 139 cm³/mol. The van der Waals surface area contributed by atoms with Gasteiger partial charge in [-0.2, -0.15) is 10.1 Å². The van der Waals surface area contributed by atoms with Gasteiger partial charge >= 0.3 is 0 Å². The summed E-state index contributed by atoms with van der Waals surface area (Å²) >= 11 is 0. The zero-order valence-corrected chi connectivity index (χ0v) is 21.4. The third kappa shape index (κ3) is 5.71. The number of anilines is 2. The molecular formula is C25H34N10O2. The van der Waals surface area contributed by atoms with Gasteiger partial charge in [0.25, 0.3) is 5.91 Å². The molecule has 12 nitrogen and oxygen atoms in total. The molecule has 2 fully saturated rings. The van der Waals surface area contributed by atoms with E-state index in [0.29, 0.717) is 44.5 Å². The SMILES string of the molecule is COC1(C(=O)NCc2ccc(-n3cccn3)nc2)CCN(c2nc(C)cc(NC3CC(C)NN3)n2)CC1. The average Bonchev–Trinajstić information content (AvgIpc) is 3.59. The molecule has 0 radical (unpaired) electrons. The number of aromatic nitrogens is 5. The smallest absolute Gasteiger partial charge is 0.252 e. The van der Waals surface area contributed by atoms with Crippen LogP contribution >= 0.6 is 0 Å². The number of piperidine rings is 1. The van der Waals surface area contributed by atoms with Gasteiger partial charge in [-0.05, 0) is 38.0 Å². The first-order valence-electron chi connectivity index (χ1n) is 12.6. The number of methoxy groups -OCH3 is 1. The number of nitrogens with one attached hydrogen (secondary N) is 4. The fraction of sp³-hybridized carbons (Fsp3) is 0.480. The van der Waals surface area contributed by atoms with Crippen LogP contribution in [0.25, 0.3) is 5.82 Å². The molecule has 0 spiro atoms. The number of pyridine rings is 1. The lowest BCUT2D eigenvalue weighted by Gasteiger charge is -2.39. The zero-order valence-electron chi connectivity index (χ0n) is 21.4. The summed E-state index contributed by atoms with van der Waals surface area (Å²) in [7, 11) is 1.60. The lowest BCUT2D eigenvalue weighted by atomic mass is 9.90. The van der Waals surface area contributed by atoms with Crippen LogP contribution in [0.4, 0.5) is 11.8 Å². The summed E-state index contributed by atoms with van der Waals surface area (Å²) in [4.78, 5) is 29.1. The first-order chi connectivity index (χ1) is 17.9. The second kappa shape index (κ2) is 10.8. The maximum Gasteiger partial charge on any atom is 0.252 e. The highest BCUT2D eigenvalue weighted by Crippen LogP contribution is 2.29. The van der Waals surface area contributed by atoms with Gasteiger partial charge in [0.1, 0.15) is 11.4 Å². The molecule has 2 atom stereocenters. The molecule has 37 heavy (non-hydrogen) atoms. The number of carbonyl (C=O) groups is 1. The third-order valence-corrected chi connectivity index (χ3v) is 6.92. The number of hydrogen-bond acceptors (Lipinski definition) is 10. The predicted octanol–water partition coefficient (Wildman–Crippen LogP) is 1.29. The van der Waals surface area contributed by atoms with Gasteiger partial charge in [0, 0.05) is 76.0 Å². The highest BCUT2D eigenvalue weighted by atomic mass is 16.5. The first-order valence-corrected chi connectivity index (χ1v) is 12.6. The van der Waals surface area contributed by atoms with Crippen LogP contribution in [0.3, 0.4) is 0 Å². The Morgan fingerprint density at radius 2 is 2.08 bits per heavy atom. The normalized spacial score (nSPS) is 21.1. The number of aryl methyl sites for hydroxylation is 1. The standard InChI is InChI=1S/C25H34N10O2/c1-17-13-20(30-21-14-18(2)32-33-21)31-24(29-17)34-11-7-25(37-3,8-12-34)23(36)27-16-19-5-6-22(26-15-19)35-10-4-9-28-35/h4-6,9-10,13,15,18,21,32-33H,7-8,11-12,14,16H2,1-3H3,(H,27,36)(H,29,30,31). The van der Waals surface area contributed by atoms with Crippen molar-refractivity contribution in [1.29, 1.82) is 0 Å². The second-order valence-electron chi connectivity index (χ2n) is 9.66. The number of hydrazine groups is 1. The van der Waals surface area contributed by atoms with Crippen LogP contribution in [0, 0.1) is 6.92 Å². The molecule has 12 heteroatoms. The van der Waals surface area contributed by atoms with Crippen molar-refractivity contribution in [3.63, 3.8) is 0 Å². The minimum atomic E-state index is -0.889. The van der Waals surface area contributed by atoms with Crippen molar-refractivity contribution in [2.75, 3.05) is 30.4 Å². The maximum atomic E-state index is 13.2. The van der Waals surface area contributed by atoms with Crippen LogP contribution in [-0.2, 0) is 16.1 Å². The molecule has 0 saturated carbocycles. The van der Waals surface area contributed by atoms with Gasteiger partial charge in [0.15, 0.2) is 5.82 Å².